The first-order valence-electron chi connectivity index (χ1n) is 29.4. The minimum Gasteiger partial charge on any atom is -0.462 e. The van der Waals surface area contributed by atoms with Crippen molar-refractivity contribution in [3.63, 3.8) is 0 Å². The highest BCUT2D eigenvalue weighted by Crippen LogP contribution is 2.14. The van der Waals surface area contributed by atoms with E-state index >= 15 is 0 Å². The molecule has 0 aliphatic heterocycles. The molecule has 0 aliphatic rings. The average Bonchev–Trinajstić information content (AvgIpc) is 3.37. The van der Waals surface area contributed by atoms with Gasteiger partial charge in [0.25, 0.3) is 0 Å². The molecule has 0 aromatic carbocycles. The molecule has 0 N–H and O–H groups in total. The van der Waals surface area contributed by atoms with Gasteiger partial charge in [-0.15, -0.1) is 0 Å². The van der Waals surface area contributed by atoms with Crippen LogP contribution in [0.5, 0.6) is 0 Å². The van der Waals surface area contributed by atoms with Crippen LogP contribution in [0.15, 0.2) is 109 Å². The molecule has 0 saturated heterocycles. The van der Waals surface area contributed by atoms with Gasteiger partial charge < -0.3 is 14.2 Å². The highest BCUT2D eigenvalue weighted by atomic mass is 16.6. The molecule has 0 heterocycles. The summed E-state index contributed by atoms with van der Waals surface area (Å²) in [5.41, 5.74) is 0. The van der Waals surface area contributed by atoms with E-state index in [0.29, 0.717) is 19.3 Å². The largest absolute Gasteiger partial charge is 0.462 e. The first-order chi connectivity index (χ1) is 35.0. The van der Waals surface area contributed by atoms with Crippen LogP contribution >= 0.6 is 0 Å². The maximum Gasteiger partial charge on any atom is 0.306 e. The van der Waals surface area contributed by atoms with Gasteiger partial charge in [0.2, 0.25) is 0 Å². The normalized spacial score (nSPS) is 12.9. The minimum atomic E-state index is -0.820. The van der Waals surface area contributed by atoms with Crippen LogP contribution < -0.4 is 0 Å². The quantitative estimate of drug-likeness (QED) is 0.0199. The molecule has 0 aromatic rings. The molecule has 6 heteroatoms. The van der Waals surface area contributed by atoms with E-state index in [2.05, 4.69) is 124 Å². The molecule has 404 valence electrons. The van der Waals surface area contributed by atoms with Gasteiger partial charge in [0.15, 0.2) is 6.10 Å². The number of allylic oxidation sites excluding steroid dienone is 18. The molecule has 0 rings (SSSR count). The fourth-order valence-corrected chi connectivity index (χ4v) is 7.89. The minimum absolute atomic E-state index is 0.110. The molecule has 0 spiro atoms. The van der Waals surface area contributed by atoms with Crippen LogP contribution in [0.1, 0.15) is 265 Å². The molecule has 0 bridgehead atoms. The van der Waals surface area contributed by atoms with Crippen molar-refractivity contribution in [1.82, 2.24) is 0 Å². The van der Waals surface area contributed by atoms with E-state index in [1.54, 1.807) is 0 Å². The van der Waals surface area contributed by atoms with Crippen molar-refractivity contribution >= 4 is 17.9 Å². The molecule has 0 saturated carbocycles. The Bertz CT molecular complexity index is 1460. The third-order valence-corrected chi connectivity index (χ3v) is 12.3. The van der Waals surface area contributed by atoms with E-state index in [-0.39, 0.29) is 37.5 Å². The van der Waals surface area contributed by atoms with Crippen molar-refractivity contribution in [1.29, 1.82) is 0 Å². The van der Waals surface area contributed by atoms with Gasteiger partial charge in [-0.25, -0.2) is 0 Å². The van der Waals surface area contributed by atoms with Gasteiger partial charge in [-0.1, -0.05) is 252 Å². The van der Waals surface area contributed by atoms with Gasteiger partial charge in [-0.2, -0.15) is 0 Å². The van der Waals surface area contributed by atoms with Crippen LogP contribution in [0.2, 0.25) is 0 Å². The lowest BCUT2D eigenvalue weighted by Crippen LogP contribution is -2.30. The van der Waals surface area contributed by atoms with E-state index in [9.17, 15) is 14.4 Å². The number of rotatable bonds is 52. The lowest BCUT2D eigenvalue weighted by Gasteiger charge is -2.18. The van der Waals surface area contributed by atoms with Crippen LogP contribution in [-0.2, 0) is 28.6 Å². The summed E-state index contributed by atoms with van der Waals surface area (Å²) in [6.45, 7) is 6.42. The molecule has 6 nitrogen and oxygen atoms in total. The van der Waals surface area contributed by atoms with Crippen LogP contribution in [0.25, 0.3) is 0 Å². The molecule has 0 aromatic heterocycles. The second-order valence-electron chi connectivity index (χ2n) is 19.2. The van der Waals surface area contributed by atoms with Crippen molar-refractivity contribution in [2.75, 3.05) is 13.2 Å². The SMILES string of the molecule is CC/C=C\C/C=C\C/C=C\C/C=C\C/C=C\CCC(=O)OCC(COC(=O)CCCCCCCCCCCC/C=C\C=C/CCCCC)OC(=O)CCCCCCC/C=C\C=C/CCCCCCCCC. The predicted octanol–water partition coefficient (Wildman–Crippen LogP) is 19.9. The first-order valence-corrected chi connectivity index (χ1v) is 29.4. The Hall–Kier alpha value is -3.93. The second kappa shape index (κ2) is 58.6. The average molecular weight is 986 g/mol. The number of carbonyl (C=O) groups is 3. The molecule has 0 amide bonds. The Morgan fingerprint density at radius 1 is 0.310 bits per heavy atom. The summed E-state index contributed by atoms with van der Waals surface area (Å²) in [5.74, 6) is -1.01. The molecule has 0 radical (unpaired) electrons. The zero-order valence-corrected chi connectivity index (χ0v) is 46.2. The highest BCUT2D eigenvalue weighted by molar-refractivity contribution is 5.71. The van der Waals surface area contributed by atoms with Crippen LogP contribution in [0, 0.1) is 0 Å². The Balaban J connectivity index is 4.51. The maximum atomic E-state index is 12.9. The van der Waals surface area contributed by atoms with Crippen LogP contribution in [-0.4, -0.2) is 37.2 Å². The van der Waals surface area contributed by atoms with Gasteiger partial charge in [0.1, 0.15) is 13.2 Å². The molecule has 0 fully saturated rings. The standard InChI is InChI=1S/C65H108O6/c1-4-7-10-13-16-19-22-25-28-31-33-35-37-40-43-46-49-52-55-58-64(67)70-61-62(60-69-63(66)57-54-51-48-45-42-39-36-30-27-24-21-18-15-12-9-6-3)71-65(68)59-56-53-50-47-44-41-38-34-32-29-26-23-20-17-14-11-8-5-2/h9,12,16,18-19,21-22,25,27,29-30,32,34,38-39,42,48,51,62H,4-8,10-11,13-15,17,20,23-24,26,28,31,33,35-37,40-41,43-47,49-50,52-61H2,1-3H3/b12-9-,19-16-,21-18-,25-22-,30-27-,32-29-,38-34-,42-39-,51-48-. The smallest absolute Gasteiger partial charge is 0.306 e. The van der Waals surface area contributed by atoms with Crippen molar-refractivity contribution in [3.05, 3.63) is 109 Å². The molecule has 1 unspecified atom stereocenters. The maximum absolute atomic E-state index is 12.9. The lowest BCUT2D eigenvalue weighted by molar-refractivity contribution is -0.166. The third-order valence-electron chi connectivity index (χ3n) is 12.3. The monoisotopic (exact) mass is 985 g/mol. The Morgan fingerprint density at radius 2 is 0.620 bits per heavy atom. The summed E-state index contributed by atoms with van der Waals surface area (Å²) in [5, 5.41) is 0. The Kier molecular flexibility index (Phi) is 55.4. The van der Waals surface area contributed by atoms with Gasteiger partial charge in [0.05, 0.1) is 0 Å². The topological polar surface area (TPSA) is 78.9 Å². The molecule has 71 heavy (non-hydrogen) atoms. The van der Waals surface area contributed by atoms with E-state index in [0.717, 1.165) is 89.9 Å². The number of carbonyl (C=O) groups excluding carboxylic acids is 3. The predicted molar refractivity (Wildman–Crippen MR) is 307 cm³/mol. The zero-order valence-electron chi connectivity index (χ0n) is 46.2. The summed E-state index contributed by atoms with van der Waals surface area (Å²) < 4.78 is 16.8. The fraction of sp³-hybridized carbons (Fsp3) is 0.677. The first kappa shape index (κ1) is 67.1. The number of hydrogen-bond acceptors (Lipinski definition) is 6. The van der Waals surface area contributed by atoms with E-state index in [1.165, 1.54) is 128 Å². The zero-order chi connectivity index (χ0) is 51.4. The van der Waals surface area contributed by atoms with E-state index < -0.39 is 6.10 Å². The van der Waals surface area contributed by atoms with Crippen molar-refractivity contribution in [2.45, 2.75) is 271 Å². The third kappa shape index (κ3) is 56.9. The number of hydrogen-bond donors (Lipinski definition) is 0. The van der Waals surface area contributed by atoms with Gasteiger partial charge in [-0.3, -0.25) is 14.4 Å². The van der Waals surface area contributed by atoms with Crippen LogP contribution in [0.3, 0.4) is 0 Å². The van der Waals surface area contributed by atoms with Gasteiger partial charge in [-0.05, 0) is 103 Å². The number of unbranched alkanes of at least 4 members (excludes halogenated alkanes) is 25. The van der Waals surface area contributed by atoms with E-state index in [1.807, 2.05) is 6.08 Å². The number of esters is 3. The molecule has 1 atom stereocenters. The van der Waals surface area contributed by atoms with Crippen LogP contribution in [0.4, 0.5) is 0 Å². The van der Waals surface area contributed by atoms with Crippen molar-refractivity contribution in [2.24, 2.45) is 0 Å². The Morgan fingerprint density at radius 3 is 1.03 bits per heavy atom. The molecular weight excluding hydrogens is 877 g/mol. The second-order valence-corrected chi connectivity index (χ2v) is 19.2. The van der Waals surface area contributed by atoms with Crippen molar-refractivity contribution < 1.29 is 28.6 Å². The number of ether oxygens (including phenoxy) is 3. The highest BCUT2D eigenvalue weighted by Gasteiger charge is 2.19. The lowest BCUT2D eigenvalue weighted by atomic mass is 10.1. The Labute approximate surface area is 438 Å². The summed E-state index contributed by atoms with van der Waals surface area (Å²) in [6, 6.07) is 0. The fourth-order valence-electron chi connectivity index (χ4n) is 7.89. The summed E-state index contributed by atoms with van der Waals surface area (Å²) in [6.07, 6.45) is 79.5. The summed E-state index contributed by atoms with van der Waals surface area (Å²) in [7, 11) is 0. The van der Waals surface area contributed by atoms with Crippen molar-refractivity contribution in [3.8, 4) is 0 Å². The summed E-state index contributed by atoms with van der Waals surface area (Å²) in [4.78, 5) is 38.2. The summed E-state index contributed by atoms with van der Waals surface area (Å²) >= 11 is 0. The van der Waals surface area contributed by atoms with Gasteiger partial charge >= 0.3 is 17.9 Å². The van der Waals surface area contributed by atoms with E-state index in [4.69, 9.17) is 14.2 Å². The molecular formula is C65H108O6. The molecule has 0 aliphatic carbocycles. The van der Waals surface area contributed by atoms with Gasteiger partial charge in [0, 0.05) is 19.3 Å².